The van der Waals surface area contributed by atoms with Crippen molar-refractivity contribution in [2.75, 3.05) is 0 Å². The van der Waals surface area contributed by atoms with Gasteiger partial charge in [0.05, 0.1) is 15.9 Å². The Kier molecular flexibility index (Phi) is 6.84. The van der Waals surface area contributed by atoms with E-state index in [1.807, 2.05) is 6.07 Å². The Hall–Kier alpha value is -4.17. The predicted molar refractivity (Wildman–Crippen MR) is 128 cm³/mol. The first kappa shape index (κ1) is 24.0. The molecular formula is C24H18BrFN6O3. The fourth-order valence-electron chi connectivity index (χ4n) is 3.71. The fraction of sp³-hybridized carbons (Fsp3) is 0.167. The summed E-state index contributed by atoms with van der Waals surface area (Å²) in [5, 5.41) is 25.0. The maximum Gasteiger partial charge on any atom is 0.406 e. The van der Waals surface area contributed by atoms with E-state index >= 15 is 0 Å². The normalized spacial score (nSPS) is 11.6. The van der Waals surface area contributed by atoms with Crippen molar-refractivity contribution in [2.45, 2.75) is 19.4 Å². The molecule has 0 N–H and O–H groups in total. The maximum absolute atomic E-state index is 14.3. The van der Waals surface area contributed by atoms with Crippen LogP contribution in [0.1, 0.15) is 35.5 Å². The number of ether oxygens (including phenoxy) is 1. The highest BCUT2D eigenvalue weighted by atomic mass is 79.9. The van der Waals surface area contributed by atoms with Crippen molar-refractivity contribution in [3.8, 4) is 23.1 Å². The summed E-state index contributed by atoms with van der Waals surface area (Å²) in [6, 6.07) is 13.1. The van der Waals surface area contributed by atoms with E-state index in [9.17, 15) is 19.8 Å². The largest absolute Gasteiger partial charge is 0.478 e. The van der Waals surface area contributed by atoms with E-state index in [1.165, 1.54) is 29.1 Å². The minimum absolute atomic E-state index is 0.0501. The van der Waals surface area contributed by atoms with E-state index < -0.39 is 22.7 Å². The molecule has 11 heteroatoms. The number of aromatic nitrogens is 4. The highest BCUT2D eigenvalue weighted by molar-refractivity contribution is 9.10. The van der Waals surface area contributed by atoms with Gasteiger partial charge in [-0.1, -0.05) is 6.07 Å². The molecule has 0 radical (unpaired) electrons. The molecule has 0 bridgehead atoms. The van der Waals surface area contributed by atoms with E-state index in [-0.39, 0.29) is 5.75 Å². The lowest BCUT2D eigenvalue weighted by molar-refractivity contribution is -0.390. The Morgan fingerprint density at radius 2 is 2.09 bits per heavy atom. The standard InChI is InChI=1S/C24H18BrFN6O3/c1-14(35-22-9-16(25)13-29-24(22)32(33)34)21-10-17(26)5-6-20(21)23-15(4-3-7-28-23)8-18-11-19(12-27)31(2)30-18/h3-7,9-11,13-14H,8H2,1-2H3/t14-/m1/s1. The Balaban J connectivity index is 1.74. The second kappa shape index (κ2) is 9.99. The van der Waals surface area contributed by atoms with Gasteiger partial charge in [0.25, 0.3) is 0 Å². The molecule has 35 heavy (non-hydrogen) atoms. The summed E-state index contributed by atoms with van der Waals surface area (Å²) in [5.74, 6) is -0.979. The molecular weight excluding hydrogens is 519 g/mol. The van der Waals surface area contributed by atoms with E-state index in [0.717, 1.165) is 5.56 Å². The second-order valence-electron chi connectivity index (χ2n) is 7.67. The SMILES string of the molecule is C[C@@H](Oc1cc(Br)cnc1[N+](=O)[O-])c1cc(F)ccc1-c1ncccc1Cc1cc(C#N)n(C)n1. The molecule has 4 aromatic rings. The Morgan fingerprint density at radius 3 is 2.80 bits per heavy atom. The third-order valence-electron chi connectivity index (χ3n) is 5.29. The molecule has 0 saturated carbocycles. The number of nitriles is 1. The van der Waals surface area contributed by atoms with E-state index in [0.29, 0.717) is 39.1 Å². The van der Waals surface area contributed by atoms with Crippen molar-refractivity contribution >= 4 is 21.7 Å². The molecule has 0 saturated heterocycles. The number of nitro groups is 1. The number of nitrogens with zero attached hydrogens (tertiary/aromatic N) is 6. The van der Waals surface area contributed by atoms with Crippen LogP contribution in [-0.2, 0) is 13.5 Å². The van der Waals surface area contributed by atoms with Crippen LogP contribution >= 0.6 is 15.9 Å². The molecule has 0 unspecified atom stereocenters. The average molecular weight is 537 g/mol. The summed E-state index contributed by atoms with van der Waals surface area (Å²) >= 11 is 3.24. The highest BCUT2D eigenvalue weighted by Crippen LogP contribution is 2.36. The van der Waals surface area contributed by atoms with E-state index in [4.69, 9.17) is 4.74 Å². The van der Waals surface area contributed by atoms with Crippen LogP contribution in [-0.4, -0.2) is 24.7 Å². The summed E-state index contributed by atoms with van der Waals surface area (Å²) in [7, 11) is 1.69. The van der Waals surface area contributed by atoms with Gasteiger partial charge in [-0.25, -0.2) is 4.39 Å². The van der Waals surface area contributed by atoms with Gasteiger partial charge in [-0.2, -0.15) is 10.4 Å². The molecule has 4 rings (SSSR count). The number of aryl methyl sites for hydroxylation is 1. The van der Waals surface area contributed by atoms with Gasteiger partial charge >= 0.3 is 5.82 Å². The van der Waals surface area contributed by atoms with Crippen LogP contribution < -0.4 is 4.74 Å². The van der Waals surface area contributed by atoms with Gasteiger partial charge in [0, 0.05) is 36.9 Å². The molecule has 0 spiro atoms. The summed E-state index contributed by atoms with van der Waals surface area (Å²) in [6.45, 7) is 1.67. The van der Waals surface area contributed by atoms with Crippen LogP contribution in [0, 0.1) is 27.3 Å². The molecule has 3 aromatic heterocycles. The molecule has 0 aliphatic heterocycles. The van der Waals surface area contributed by atoms with Crippen molar-refractivity contribution in [3.05, 3.63) is 97.8 Å². The van der Waals surface area contributed by atoms with Crippen LogP contribution in [0.15, 0.2) is 59.3 Å². The topological polar surface area (TPSA) is 120 Å². The molecule has 0 fully saturated rings. The van der Waals surface area contributed by atoms with Gasteiger partial charge in [0.15, 0.2) is 6.20 Å². The highest BCUT2D eigenvalue weighted by Gasteiger charge is 2.23. The molecule has 0 amide bonds. The van der Waals surface area contributed by atoms with E-state index in [1.54, 1.807) is 38.4 Å². The Morgan fingerprint density at radius 1 is 1.29 bits per heavy atom. The number of halogens is 2. The van der Waals surface area contributed by atoms with Crippen molar-refractivity contribution < 1.29 is 14.1 Å². The summed E-state index contributed by atoms with van der Waals surface area (Å²) < 4.78 is 22.2. The third-order valence-corrected chi connectivity index (χ3v) is 5.72. The summed E-state index contributed by atoms with van der Waals surface area (Å²) in [4.78, 5) is 19.1. The molecule has 176 valence electrons. The van der Waals surface area contributed by atoms with Gasteiger partial charge in [-0.15, -0.1) is 0 Å². The molecule has 1 atom stereocenters. The smallest absolute Gasteiger partial charge is 0.406 e. The minimum Gasteiger partial charge on any atom is -0.478 e. The van der Waals surface area contributed by atoms with Gasteiger partial charge in [-0.3, -0.25) is 9.67 Å². The summed E-state index contributed by atoms with van der Waals surface area (Å²) in [5.41, 5.74) is 3.57. The average Bonchev–Trinajstić information content (AvgIpc) is 3.18. The van der Waals surface area contributed by atoms with Crippen molar-refractivity contribution in [2.24, 2.45) is 7.05 Å². The summed E-state index contributed by atoms with van der Waals surface area (Å²) in [6.07, 6.45) is 2.55. The predicted octanol–water partition coefficient (Wildman–Crippen LogP) is 5.29. The number of rotatable bonds is 7. The van der Waals surface area contributed by atoms with Crippen molar-refractivity contribution in [1.82, 2.24) is 19.7 Å². The lowest BCUT2D eigenvalue weighted by atomic mass is 9.95. The fourth-order valence-corrected chi connectivity index (χ4v) is 4.02. The quantitative estimate of drug-likeness (QED) is 0.232. The van der Waals surface area contributed by atoms with Crippen LogP contribution in [0.25, 0.3) is 11.3 Å². The van der Waals surface area contributed by atoms with Crippen molar-refractivity contribution in [3.63, 3.8) is 0 Å². The Bertz CT molecular complexity index is 1470. The first-order valence-electron chi connectivity index (χ1n) is 10.4. The lowest BCUT2D eigenvalue weighted by Gasteiger charge is -2.19. The van der Waals surface area contributed by atoms with Crippen LogP contribution in [0.4, 0.5) is 10.2 Å². The number of hydrogen-bond donors (Lipinski definition) is 0. The number of hydrogen-bond acceptors (Lipinski definition) is 7. The van der Waals surface area contributed by atoms with Crippen LogP contribution in [0.5, 0.6) is 5.75 Å². The van der Waals surface area contributed by atoms with E-state index in [2.05, 4.69) is 37.1 Å². The lowest BCUT2D eigenvalue weighted by Crippen LogP contribution is -2.09. The maximum atomic E-state index is 14.3. The molecule has 0 aliphatic rings. The zero-order valence-electron chi connectivity index (χ0n) is 18.6. The minimum atomic E-state index is -0.773. The zero-order valence-corrected chi connectivity index (χ0v) is 20.2. The first-order valence-corrected chi connectivity index (χ1v) is 11.2. The second-order valence-corrected chi connectivity index (χ2v) is 8.58. The zero-order chi connectivity index (χ0) is 25.1. The third kappa shape index (κ3) is 5.17. The van der Waals surface area contributed by atoms with Crippen LogP contribution in [0.3, 0.4) is 0 Å². The van der Waals surface area contributed by atoms with Crippen molar-refractivity contribution in [1.29, 1.82) is 5.26 Å². The van der Waals surface area contributed by atoms with Gasteiger partial charge < -0.3 is 14.9 Å². The molecule has 1 aromatic carbocycles. The molecule has 0 aliphatic carbocycles. The van der Waals surface area contributed by atoms with Crippen LogP contribution in [0.2, 0.25) is 0 Å². The molecule has 3 heterocycles. The molecule has 9 nitrogen and oxygen atoms in total. The first-order chi connectivity index (χ1) is 16.8. The van der Waals surface area contributed by atoms with Gasteiger partial charge in [0.2, 0.25) is 5.75 Å². The Labute approximate surface area is 208 Å². The van der Waals surface area contributed by atoms with Gasteiger partial charge in [-0.05, 0) is 68.7 Å². The number of benzene rings is 1. The number of pyridine rings is 2. The van der Waals surface area contributed by atoms with Gasteiger partial charge in [0.1, 0.15) is 23.7 Å². The monoisotopic (exact) mass is 536 g/mol.